The Hall–Kier alpha value is -1.63. The van der Waals surface area contributed by atoms with E-state index in [1.807, 2.05) is 0 Å². The topological polar surface area (TPSA) is 59.4 Å². The molecule has 0 aliphatic heterocycles. The number of hydrogen-bond acceptors (Lipinski definition) is 3. The summed E-state index contributed by atoms with van der Waals surface area (Å²) in [6.07, 6.45) is 0.320. The van der Waals surface area contributed by atoms with Crippen molar-refractivity contribution < 1.29 is 48.6 Å². The van der Waals surface area contributed by atoms with Crippen LogP contribution in [0.25, 0.3) is 0 Å². The predicted molar refractivity (Wildman–Crippen MR) is 101 cm³/mol. The van der Waals surface area contributed by atoms with Gasteiger partial charge in [-0.1, -0.05) is 35.3 Å². The molecule has 0 aliphatic rings. The fraction of sp³-hybridized carbons (Fsp3) is 0.100. The maximum absolute atomic E-state index is 13.9. The van der Waals surface area contributed by atoms with Gasteiger partial charge in [-0.25, -0.2) is 14.2 Å². The Morgan fingerprint density at radius 1 is 1.04 bits per heavy atom. The molecule has 0 amide bonds. The molecule has 1 N–H and O–H groups in total. The number of aromatic carboxylic acids is 1. The van der Waals surface area contributed by atoms with E-state index < -0.39 is 11.8 Å². The summed E-state index contributed by atoms with van der Waals surface area (Å²) < 4.78 is 19.7. The van der Waals surface area contributed by atoms with Crippen LogP contribution in [0.15, 0.2) is 54.6 Å². The summed E-state index contributed by atoms with van der Waals surface area (Å²) >= 11 is 11.8. The third-order valence-electron chi connectivity index (χ3n) is 3.82. The van der Waals surface area contributed by atoms with Gasteiger partial charge in [0, 0.05) is 33.3 Å². The van der Waals surface area contributed by atoms with Crippen LogP contribution in [-0.4, -0.2) is 16.1 Å². The van der Waals surface area contributed by atoms with E-state index in [9.17, 15) is 9.18 Å². The fourth-order valence-corrected chi connectivity index (χ4v) is 2.87. The van der Waals surface area contributed by atoms with E-state index in [2.05, 4.69) is 4.98 Å². The van der Waals surface area contributed by atoms with Gasteiger partial charge < -0.3 is 9.84 Å². The van der Waals surface area contributed by atoms with Crippen LogP contribution in [0.2, 0.25) is 10.0 Å². The molecule has 3 rings (SSSR count). The van der Waals surface area contributed by atoms with E-state index in [1.54, 1.807) is 42.5 Å². The van der Waals surface area contributed by atoms with E-state index in [1.165, 1.54) is 12.1 Å². The first kappa shape index (κ1) is 22.7. The molecular formula is C20H14Cl2FNNaO3+. The molecule has 0 aliphatic carbocycles. The van der Waals surface area contributed by atoms with Crippen LogP contribution in [-0.2, 0) is 13.0 Å². The van der Waals surface area contributed by atoms with Crippen molar-refractivity contribution in [2.24, 2.45) is 0 Å². The first-order valence-corrected chi connectivity index (χ1v) is 8.72. The van der Waals surface area contributed by atoms with Gasteiger partial charge in [0.15, 0.2) is 0 Å². The van der Waals surface area contributed by atoms with Gasteiger partial charge in [0.05, 0.1) is 0 Å². The van der Waals surface area contributed by atoms with Gasteiger partial charge in [-0.15, -0.1) is 0 Å². The molecule has 2 aromatic carbocycles. The first-order chi connectivity index (χ1) is 12.9. The van der Waals surface area contributed by atoms with Gasteiger partial charge in [0.25, 0.3) is 0 Å². The number of nitrogens with zero attached hydrogens (tertiary/aromatic N) is 1. The molecule has 0 unspecified atom stereocenters. The molecule has 0 saturated heterocycles. The number of aromatic nitrogens is 1. The number of rotatable bonds is 6. The van der Waals surface area contributed by atoms with Crippen molar-refractivity contribution in [3.8, 4) is 5.75 Å². The molecule has 3 aromatic rings. The minimum Gasteiger partial charge on any atom is -0.489 e. The summed E-state index contributed by atoms with van der Waals surface area (Å²) in [5.41, 5.74) is 1.60. The van der Waals surface area contributed by atoms with Gasteiger partial charge in [0.2, 0.25) is 0 Å². The van der Waals surface area contributed by atoms with Crippen LogP contribution >= 0.6 is 23.2 Å². The molecule has 1 heterocycles. The molecule has 138 valence electrons. The molecule has 0 spiro atoms. The predicted octanol–water partition coefficient (Wildman–Crippen LogP) is 2.40. The molecule has 0 bridgehead atoms. The minimum absolute atomic E-state index is 0. The fourth-order valence-electron chi connectivity index (χ4n) is 2.51. The summed E-state index contributed by atoms with van der Waals surface area (Å²) in [5, 5.41) is 9.89. The molecular weight excluding hydrogens is 415 g/mol. The van der Waals surface area contributed by atoms with Crippen molar-refractivity contribution in [3.05, 3.63) is 93.0 Å². The molecule has 0 fully saturated rings. The average Bonchev–Trinajstić information content (AvgIpc) is 2.62. The maximum Gasteiger partial charge on any atom is 1.00 e. The number of carbonyl (C=O) groups is 1. The Bertz CT molecular complexity index is 1000. The zero-order chi connectivity index (χ0) is 19.4. The van der Waals surface area contributed by atoms with Gasteiger partial charge in [-0.3, -0.25) is 0 Å². The van der Waals surface area contributed by atoms with E-state index in [4.69, 9.17) is 33.0 Å². The zero-order valence-corrected chi connectivity index (χ0v) is 18.5. The number of carboxylic acid groups (broad SMARTS) is 1. The SMILES string of the molecule is O=C(O)c1cccc(Cc2cc(Cl)ccc2OCc2ccc(Cl)cc2F)n1.[Na+]. The summed E-state index contributed by atoms with van der Waals surface area (Å²) in [5.74, 6) is -1.04. The Morgan fingerprint density at radius 2 is 1.75 bits per heavy atom. The summed E-state index contributed by atoms with van der Waals surface area (Å²) in [6.45, 7) is 0.0141. The maximum atomic E-state index is 13.9. The van der Waals surface area contributed by atoms with Crippen molar-refractivity contribution in [2.75, 3.05) is 0 Å². The number of hydrogen-bond donors (Lipinski definition) is 1. The average molecular weight is 429 g/mol. The third kappa shape index (κ3) is 5.93. The third-order valence-corrected chi connectivity index (χ3v) is 4.29. The van der Waals surface area contributed by atoms with E-state index >= 15 is 0 Å². The number of ether oxygens (including phenoxy) is 1. The number of carboxylic acids is 1. The van der Waals surface area contributed by atoms with Crippen LogP contribution in [0.1, 0.15) is 27.3 Å². The molecule has 28 heavy (non-hydrogen) atoms. The summed E-state index contributed by atoms with van der Waals surface area (Å²) in [4.78, 5) is 15.2. The van der Waals surface area contributed by atoms with Gasteiger partial charge in [-0.2, -0.15) is 0 Å². The second kappa shape index (κ2) is 10.2. The van der Waals surface area contributed by atoms with Gasteiger partial charge in [0.1, 0.15) is 23.9 Å². The molecule has 1 aromatic heterocycles. The summed E-state index contributed by atoms with van der Waals surface area (Å²) in [7, 11) is 0. The van der Waals surface area contributed by atoms with Crippen molar-refractivity contribution in [3.63, 3.8) is 0 Å². The Labute approximate surface area is 193 Å². The second-order valence-corrected chi connectivity index (χ2v) is 6.65. The zero-order valence-electron chi connectivity index (χ0n) is 15.0. The molecule has 8 heteroatoms. The smallest absolute Gasteiger partial charge is 0.489 e. The largest absolute Gasteiger partial charge is 1.00 e. The van der Waals surface area contributed by atoms with Gasteiger partial charge in [-0.05, 0) is 42.5 Å². The Kier molecular flexibility index (Phi) is 8.28. The molecule has 0 radical (unpaired) electrons. The minimum atomic E-state index is -1.10. The quantitative estimate of drug-likeness (QED) is 0.612. The van der Waals surface area contributed by atoms with Crippen molar-refractivity contribution in [2.45, 2.75) is 13.0 Å². The first-order valence-electron chi connectivity index (χ1n) is 7.97. The Morgan fingerprint density at radius 3 is 2.46 bits per heavy atom. The van der Waals surface area contributed by atoms with Gasteiger partial charge >= 0.3 is 35.5 Å². The molecule has 4 nitrogen and oxygen atoms in total. The standard InChI is InChI=1S/C20H14Cl2FNO3.Na/c21-14-6-7-19(27-11-12-4-5-15(22)10-17(12)23)13(8-14)9-16-2-1-3-18(24-16)20(25)26;/h1-8,10H,9,11H2,(H,25,26);/q;+1. The van der Waals surface area contributed by atoms with Crippen LogP contribution in [0.5, 0.6) is 5.75 Å². The monoisotopic (exact) mass is 428 g/mol. The van der Waals surface area contributed by atoms with Crippen LogP contribution in [0.3, 0.4) is 0 Å². The number of benzene rings is 2. The van der Waals surface area contributed by atoms with Crippen LogP contribution < -0.4 is 34.3 Å². The van der Waals surface area contributed by atoms with E-state index in [-0.39, 0.29) is 41.9 Å². The van der Waals surface area contributed by atoms with Crippen molar-refractivity contribution in [1.82, 2.24) is 4.98 Å². The molecule has 0 saturated carbocycles. The Balaban J connectivity index is 0.00000280. The van der Waals surface area contributed by atoms with E-state index in [0.29, 0.717) is 39.0 Å². The number of halogens is 3. The number of pyridine rings is 1. The van der Waals surface area contributed by atoms with E-state index in [0.717, 1.165) is 0 Å². The normalized spacial score (nSPS) is 10.2. The van der Waals surface area contributed by atoms with Crippen LogP contribution in [0.4, 0.5) is 4.39 Å². The molecule has 0 atom stereocenters. The van der Waals surface area contributed by atoms with Crippen molar-refractivity contribution >= 4 is 29.2 Å². The van der Waals surface area contributed by atoms with Crippen molar-refractivity contribution in [1.29, 1.82) is 0 Å². The van der Waals surface area contributed by atoms with Crippen LogP contribution in [0, 0.1) is 5.82 Å². The summed E-state index contributed by atoms with van der Waals surface area (Å²) in [6, 6.07) is 14.2. The second-order valence-electron chi connectivity index (χ2n) is 5.77.